The second-order valence-corrected chi connectivity index (χ2v) is 7.42. The first-order valence-corrected chi connectivity index (χ1v) is 9.93. The maximum atomic E-state index is 13.5. The largest absolute Gasteiger partial charge is 0.390 e. The van der Waals surface area contributed by atoms with Crippen molar-refractivity contribution in [2.75, 3.05) is 5.32 Å². The maximum absolute atomic E-state index is 13.5. The number of pyridine rings is 1. The third-order valence-electron chi connectivity index (χ3n) is 5.04. The Labute approximate surface area is 179 Å². The molecule has 158 valence electrons. The Hall–Kier alpha value is -3.65. The molecule has 3 heterocycles. The summed E-state index contributed by atoms with van der Waals surface area (Å²) >= 11 is 0. The number of hydrogen-bond acceptors (Lipinski definition) is 6. The predicted octanol–water partition coefficient (Wildman–Crippen LogP) is 4.15. The van der Waals surface area contributed by atoms with Crippen LogP contribution in [0.5, 0.6) is 0 Å². The number of aliphatic hydroxyl groups is 1. The van der Waals surface area contributed by atoms with Crippen LogP contribution in [0.4, 0.5) is 10.2 Å². The first-order chi connectivity index (χ1) is 14.9. The van der Waals surface area contributed by atoms with Crippen molar-refractivity contribution in [3.8, 4) is 17.1 Å². The lowest BCUT2D eigenvalue weighted by atomic mass is 10.1. The van der Waals surface area contributed by atoms with Crippen LogP contribution in [0, 0.1) is 19.7 Å². The van der Waals surface area contributed by atoms with E-state index < -0.39 is 0 Å². The molecule has 0 fully saturated rings. The Bertz CT molecular complexity index is 1220. The van der Waals surface area contributed by atoms with Gasteiger partial charge in [0, 0.05) is 6.20 Å². The van der Waals surface area contributed by atoms with Gasteiger partial charge in [0.1, 0.15) is 11.5 Å². The first kappa shape index (κ1) is 20.6. The summed E-state index contributed by atoms with van der Waals surface area (Å²) in [6.45, 7) is 5.56. The number of benzene rings is 1. The summed E-state index contributed by atoms with van der Waals surface area (Å²) in [6.07, 6.45) is 3.56. The minimum absolute atomic E-state index is 0.133. The molecule has 0 unspecified atom stereocenters. The lowest BCUT2D eigenvalue weighted by Gasteiger charge is -2.16. The highest BCUT2D eigenvalue weighted by Gasteiger charge is 2.13. The molecule has 0 spiro atoms. The van der Waals surface area contributed by atoms with E-state index in [4.69, 9.17) is 0 Å². The van der Waals surface area contributed by atoms with E-state index in [1.807, 2.05) is 55.8 Å². The van der Waals surface area contributed by atoms with Gasteiger partial charge in [0.2, 0.25) is 0 Å². The van der Waals surface area contributed by atoms with Gasteiger partial charge in [-0.25, -0.2) is 14.4 Å². The summed E-state index contributed by atoms with van der Waals surface area (Å²) in [6, 6.07) is 11.9. The van der Waals surface area contributed by atoms with Gasteiger partial charge in [-0.3, -0.25) is 0 Å². The van der Waals surface area contributed by atoms with E-state index >= 15 is 0 Å². The summed E-state index contributed by atoms with van der Waals surface area (Å²) in [4.78, 5) is 8.80. The lowest BCUT2D eigenvalue weighted by Crippen LogP contribution is -2.10. The number of imidazole rings is 1. The molecule has 1 atom stereocenters. The van der Waals surface area contributed by atoms with E-state index in [0.29, 0.717) is 22.9 Å². The number of aliphatic hydroxyl groups excluding tert-OH is 1. The fourth-order valence-electron chi connectivity index (χ4n) is 3.36. The van der Waals surface area contributed by atoms with E-state index in [9.17, 15) is 9.50 Å². The van der Waals surface area contributed by atoms with Crippen molar-refractivity contribution in [1.29, 1.82) is 0 Å². The smallest absolute Gasteiger partial charge is 0.152 e. The monoisotopic (exact) mass is 418 g/mol. The third kappa shape index (κ3) is 4.44. The number of nitrogens with one attached hydrogen (secondary N) is 1. The molecule has 0 aliphatic heterocycles. The normalized spacial score (nSPS) is 12.0. The number of aryl methyl sites for hydroxylation is 2. The summed E-state index contributed by atoms with van der Waals surface area (Å²) in [5.74, 6) is 0.345. The van der Waals surface area contributed by atoms with Crippen molar-refractivity contribution in [1.82, 2.24) is 24.7 Å². The van der Waals surface area contributed by atoms with E-state index in [1.165, 1.54) is 12.1 Å². The highest BCUT2D eigenvalue weighted by atomic mass is 19.1. The Kier molecular flexibility index (Phi) is 5.73. The number of aromatic nitrogens is 5. The van der Waals surface area contributed by atoms with Gasteiger partial charge < -0.3 is 15.0 Å². The molecule has 0 amide bonds. The zero-order chi connectivity index (χ0) is 22.0. The highest BCUT2D eigenvalue weighted by Crippen LogP contribution is 2.25. The van der Waals surface area contributed by atoms with Crippen LogP contribution in [-0.4, -0.2) is 29.8 Å². The second kappa shape index (κ2) is 8.61. The fraction of sp³-hybridized carbons (Fsp3) is 0.217. The molecule has 4 aromatic rings. The first-order valence-electron chi connectivity index (χ1n) is 9.93. The van der Waals surface area contributed by atoms with Crippen LogP contribution in [0.2, 0.25) is 0 Å². The summed E-state index contributed by atoms with van der Waals surface area (Å²) in [7, 11) is 0. The molecule has 31 heavy (non-hydrogen) atoms. The molecule has 4 rings (SSSR count). The Balaban J connectivity index is 1.59. The zero-order valence-corrected chi connectivity index (χ0v) is 17.5. The SMILES string of the molecule is Cc1cn(-c2ccc(-c3cc(C)c(N[C@@H](C)c4cccc(F)c4)nn3)nc2CO)cn1. The summed E-state index contributed by atoms with van der Waals surface area (Å²) in [5, 5.41) is 21.7. The number of nitrogens with zero attached hydrogens (tertiary/aromatic N) is 5. The van der Waals surface area contributed by atoms with E-state index in [0.717, 1.165) is 22.5 Å². The van der Waals surface area contributed by atoms with Crippen molar-refractivity contribution in [3.63, 3.8) is 0 Å². The Morgan fingerprint density at radius 3 is 2.61 bits per heavy atom. The molecule has 7 nitrogen and oxygen atoms in total. The molecule has 0 saturated carbocycles. The minimum atomic E-state index is -0.274. The quantitative estimate of drug-likeness (QED) is 0.489. The topological polar surface area (TPSA) is 88.8 Å². The van der Waals surface area contributed by atoms with Crippen LogP contribution in [0.25, 0.3) is 17.1 Å². The molecule has 0 bridgehead atoms. The Morgan fingerprint density at radius 2 is 1.94 bits per heavy atom. The van der Waals surface area contributed by atoms with E-state index in [-0.39, 0.29) is 18.5 Å². The number of hydrogen-bond donors (Lipinski definition) is 2. The molecular weight excluding hydrogens is 395 g/mol. The third-order valence-corrected chi connectivity index (χ3v) is 5.04. The van der Waals surface area contributed by atoms with Gasteiger partial charge in [0.25, 0.3) is 0 Å². The zero-order valence-electron chi connectivity index (χ0n) is 17.5. The van der Waals surface area contributed by atoms with Crippen molar-refractivity contribution in [2.45, 2.75) is 33.4 Å². The lowest BCUT2D eigenvalue weighted by molar-refractivity contribution is 0.276. The number of halogens is 1. The van der Waals surface area contributed by atoms with Crippen molar-refractivity contribution in [3.05, 3.63) is 83.3 Å². The summed E-state index contributed by atoms with van der Waals surface area (Å²) in [5.41, 5.74) is 5.09. The van der Waals surface area contributed by atoms with E-state index in [2.05, 4.69) is 25.5 Å². The van der Waals surface area contributed by atoms with Gasteiger partial charge in [-0.15, -0.1) is 10.2 Å². The minimum Gasteiger partial charge on any atom is -0.390 e. The van der Waals surface area contributed by atoms with Gasteiger partial charge in [0.15, 0.2) is 5.82 Å². The molecule has 3 aromatic heterocycles. The fourth-order valence-corrected chi connectivity index (χ4v) is 3.36. The van der Waals surface area contributed by atoms with Crippen LogP contribution >= 0.6 is 0 Å². The van der Waals surface area contributed by atoms with Crippen LogP contribution < -0.4 is 5.32 Å². The van der Waals surface area contributed by atoms with Crippen LogP contribution in [0.1, 0.15) is 35.5 Å². The van der Waals surface area contributed by atoms with Crippen LogP contribution in [0.15, 0.2) is 55.0 Å². The molecule has 2 N–H and O–H groups in total. The van der Waals surface area contributed by atoms with Crippen LogP contribution in [-0.2, 0) is 6.61 Å². The average molecular weight is 418 g/mol. The van der Waals surface area contributed by atoms with E-state index in [1.54, 1.807) is 12.4 Å². The molecule has 0 aliphatic carbocycles. The Morgan fingerprint density at radius 1 is 1.10 bits per heavy atom. The molecule has 1 aromatic carbocycles. The molecule has 0 saturated heterocycles. The molecular formula is C23H23FN6O. The standard InChI is InChI=1S/C23H23FN6O/c1-14-9-20(28-29-23(14)26-16(3)17-5-4-6-18(24)10-17)19-7-8-22(21(12-31)27-19)30-11-15(2)25-13-30/h4-11,13,16,31H,12H2,1-3H3,(H,26,29)/t16-/m0/s1. The second-order valence-electron chi connectivity index (χ2n) is 7.42. The van der Waals surface area contributed by atoms with Gasteiger partial charge >= 0.3 is 0 Å². The molecule has 0 radical (unpaired) electrons. The highest BCUT2D eigenvalue weighted by molar-refractivity contribution is 5.60. The van der Waals surface area contributed by atoms with Crippen LogP contribution in [0.3, 0.4) is 0 Å². The number of anilines is 1. The van der Waals surface area contributed by atoms with Crippen molar-refractivity contribution in [2.24, 2.45) is 0 Å². The average Bonchev–Trinajstić information content (AvgIpc) is 3.20. The van der Waals surface area contributed by atoms with Crippen molar-refractivity contribution >= 4 is 5.82 Å². The van der Waals surface area contributed by atoms with Gasteiger partial charge in [-0.05, 0) is 62.2 Å². The van der Waals surface area contributed by atoms with Crippen molar-refractivity contribution < 1.29 is 9.50 Å². The van der Waals surface area contributed by atoms with Gasteiger partial charge in [-0.2, -0.15) is 0 Å². The maximum Gasteiger partial charge on any atom is 0.152 e. The molecule has 8 heteroatoms. The van der Waals surface area contributed by atoms with Gasteiger partial charge in [0.05, 0.1) is 41.7 Å². The molecule has 0 aliphatic rings. The summed E-state index contributed by atoms with van der Waals surface area (Å²) < 4.78 is 15.3. The predicted molar refractivity (Wildman–Crippen MR) is 116 cm³/mol. The van der Waals surface area contributed by atoms with Gasteiger partial charge in [-0.1, -0.05) is 12.1 Å². The number of rotatable bonds is 6.